The average Bonchev–Trinajstić information content (AvgIpc) is 3.54. The molecule has 0 unspecified atom stereocenters. The Morgan fingerprint density at radius 2 is 1.94 bits per heavy atom. The van der Waals surface area contributed by atoms with E-state index in [1.54, 1.807) is 25.1 Å². The number of hydrogen-bond donors (Lipinski definition) is 3. The second-order valence-electron chi connectivity index (χ2n) is 7.88. The molecular weight excluding hydrogens is 497 g/mol. The van der Waals surface area contributed by atoms with E-state index in [-0.39, 0.29) is 34.0 Å². The van der Waals surface area contributed by atoms with Crippen molar-refractivity contribution in [1.82, 2.24) is 5.32 Å². The number of halogens is 2. The molecule has 2 aromatic carbocycles. The van der Waals surface area contributed by atoms with Gasteiger partial charge in [0.15, 0.2) is 5.75 Å². The third-order valence-corrected chi connectivity index (χ3v) is 6.21. The number of fused-ring (bicyclic) bond motifs is 2. The quantitative estimate of drug-likeness (QED) is 0.375. The first-order chi connectivity index (χ1) is 16.7. The number of hydrogen-bond acceptors (Lipinski definition) is 8. The molecule has 0 radical (unpaired) electrons. The third-order valence-electron chi connectivity index (χ3n) is 5.65. The maximum Gasteiger partial charge on any atom is 0.414 e. The third kappa shape index (κ3) is 4.60. The van der Waals surface area contributed by atoms with Gasteiger partial charge in [-0.1, -0.05) is 23.2 Å². The smallest absolute Gasteiger partial charge is 0.414 e. The molecule has 1 heterocycles. The van der Waals surface area contributed by atoms with Gasteiger partial charge in [0.25, 0.3) is 5.91 Å². The standard InChI is InChI=1S/C23H19Cl2N5O5/c1-3-34-22(33)28-20(31)16(10-26)30-29-12-8-13(24)19(14(25)9-12)35-17-5-4-15-18(11(17)2)23(6-7-23)21(32)27-15/h4-5,8-9,29H,3,6-7H2,1-2H3,(H,27,32)(H,28,31,33). The highest BCUT2D eigenvalue weighted by Gasteiger charge is 2.57. The lowest BCUT2D eigenvalue weighted by Crippen LogP contribution is -2.36. The number of nitrogens with zero attached hydrogens (tertiary/aromatic N) is 2. The zero-order valence-corrected chi connectivity index (χ0v) is 20.1. The fourth-order valence-corrected chi connectivity index (χ4v) is 4.44. The van der Waals surface area contributed by atoms with Crippen molar-refractivity contribution in [3.05, 3.63) is 45.4 Å². The molecule has 35 heavy (non-hydrogen) atoms. The fourth-order valence-electron chi connectivity index (χ4n) is 3.88. The minimum absolute atomic E-state index is 0.00692. The zero-order chi connectivity index (χ0) is 25.3. The summed E-state index contributed by atoms with van der Waals surface area (Å²) in [5, 5.41) is 17.9. The lowest BCUT2D eigenvalue weighted by molar-refractivity contribution is -0.118. The molecule has 0 saturated heterocycles. The van der Waals surface area contributed by atoms with Gasteiger partial charge in [0.05, 0.1) is 27.8 Å². The first-order valence-corrected chi connectivity index (χ1v) is 11.3. The molecule has 3 amide bonds. The first kappa shape index (κ1) is 24.3. The summed E-state index contributed by atoms with van der Waals surface area (Å²) in [6.07, 6.45) is 0.588. The van der Waals surface area contributed by atoms with Crippen LogP contribution in [0.2, 0.25) is 10.0 Å². The van der Waals surface area contributed by atoms with Crippen LogP contribution in [-0.2, 0) is 19.7 Å². The SMILES string of the molecule is CCOC(=O)NC(=O)C(C#N)=NNc1cc(Cl)c(Oc2ccc3c(c2C)C2(CC2)C(=O)N3)c(Cl)c1. The van der Waals surface area contributed by atoms with E-state index in [9.17, 15) is 14.4 Å². The van der Waals surface area contributed by atoms with E-state index in [1.165, 1.54) is 12.1 Å². The summed E-state index contributed by atoms with van der Waals surface area (Å²) >= 11 is 12.8. The number of ether oxygens (including phenoxy) is 2. The Bertz CT molecular complexity index is 1310. The normalized spacial score (nSPS) is 15.1. The lowest BCUT2D eigenvalue weighted by atomic mass is 9.93. The summed E-state index contributed by atoms with van der Waals surface area (Å²) in [7, 11) is 0. The molecule has 12 heteroatoms. The number of nitrogens with one attached hydrogen (secondary N) is 3. The molecule has 1 aliphatic carbocycles. The van der Waals surface area contributed by atoms with E-state index in [4.69, 9.17) is 33.2 Å². The molecule has 3 N–H and O–H groups in total. The minimum Gasteiger partial charge on any atom is -0.454 e. The molecule has 4 rings (SSSR count). The minimum atomic E-state index is -1.04. The van der Waals surface area contributed by atoms with Gasteiger partial charge in [-0.2, -0.15) is 10.4 Å². The maximum absolute atomic E-state index is 12.4. The molecule has 1 spiro atoms. The Balaban J connectivity index is 1.53. The van der Waals surface area contributed by atoms with Crippen LogP contribution in [0.25, 0.3) is 0 Å². The average molecular weight is 516 g/mol. The largest absolute Gasteiger partial charge is 0.454 e. The Kier molecular flexibility index (Phi) is 6.56. The van der Waals surface area contributed by atoms with Crippen LogP contribution >= 0.6 is 23.2 Å². The Hall–Kier alpha value is -3.81. The van der Waals surface area contributed by atoms with Gasteiger partial charge in [-0.25, -0.2) is 4.79 Å². The van der Waals surface area contributed by atoms with Crippen molar-refractivity contribution in [3.63, 3.8) is 0 Å². The Labute approximate surface area is 210 Å². The van der Waals surface area contributed by atoms with Crippen LogP contribution in [0.15, 0.2) is 29.4 Å². The van der Waals surface area contributed by atoms with E-state index in [0.29, 0.717) is 5.75 Å². The van der Waals surface area contributed by atoms with Gasteiger partial charge in [-0.05, 0) is 62.1 Å². The predicted molar refractivity (Wildman–Crippen MR) is 129 cm³/mol. The number of imide groups is 1. The van der Waals surface area contributed by atoms with Crippen molar-refractivity contribution in [2.45, 2.75) is 32.1 Å². The lowest BCUT2D eigenvalue weighted by Gasteiger charge is -2.16. The highest BCUT2D eigenvalue weighted by atomic mass is 35.5. The van der Waals surface area contributed by atoms with Crippen LogP contribution in [0.1, 0.15) is 30.9 Å². The van der Waals surface area contributed by atoms with Gasteiger partial charge < -0.3 is 14.8 Å². The number of nitriles is 1. The van der Waals surface area contributed by atoms with E-state index < -0.39 is 23.1 Å². The Morgan fingerprint density at radius 3 is 2.54 bits per heavy atom. The zero-order valence-electron chi connectivity index (χ0n) is 18.6. The van der Waals surface area contributed by atoms with Crippen molar-refractivity contribution in [1.29, 1.82) is 5.26 Å². The van der Waals surface area contributed by atoms with Crippen LogP contribution in [0.3, 0.4) is 0 Å². The van der Waals surface area contributed by atoms with E-state index in [1.807, 2.05) is 12.2 Å². The topological polar surface area (TPSA) is 142 Å². The molecule has 2 aliphatic rings. The van der Waals surface area contributed by atoms with Gasteiger partial charge in [0, 0.05) is 5.69 Å². The molecule has 1 fully saturated rings. The number of benzene rings is 2. The molecule has 1 saturated carbocycles. The van der Waals surface area contributed by atoms with Crippen molar-refractivity contribution < 1.29 is 23.9 Å². The van der Waals surface area contributed by atoms with Gasteiger partial charge in [0.2, 0.25) is 11.6 Å². The van der Waals surface area contributed by atoms with Gasteiger partial charge >= 0.3 is 6.09 Å². The van der Waals surface area contributed by atoms with Gasteiger partial charge in [-0.3, -0.25) is 20.3 Å². The van der Waals surface area contributed by atoms with Crippen molar-refractivity contribution in [2.24, 2.45) is 5.10 Å². The molecular formula is C23H19Cl2N5O5. The van der Waals surface area contributed by atoms with Crippen molar-refractivity contribution in [2.75, 3.05) is 17.3 Å². The summed E-state index contributed by atoms with van der Waals surface area (Å²) in [6, 6.07) is 8.00. The number of alkyl carbamates (subject to hydrolysis) is 1. The Morgan fingerprint density at radius 1 is 1.26 bits per heavy atom. The van der Waals surface area contributed by atoms with Crippen molar-refractivity contribution in [3.8, 4) is 17.6 Å². The number of hydrazone groups is 1. The fraction of sp³-hybridized carbons (Fsp3) is 0.261. The summed E-state index contributed by atoms with van der Waals surface area (Å²) in [5.74, 6) is -0.332. The summed E-state index contributed by atoms with van der Waals surface area (Å²) in [5.41, 5.74) is 4.22. The highest BCUT2D eigenvalue weighted by molar-refractivity contribution is 6.47. The molecule has 1 aliphatic heterocycles. The molecule has 180 valence electrons. The predicted octanol–water partition coefficient (Wildman–Crippen LogP) is 4.64. The van der Waals surface area contributed by atoms with E-state index in [2.05, 4.69) is 20.6 Å². The van der Waals surface area contributed by atoms with E-state index >= 15 is 0 Å². The maximum atomic E-state index is 12.4. The first-order valence-electron chi connectivity index (χ1n) is 10.5. The second-order valence-corrected chi connectivity index (χ2v) is 8.69. The molecule has 0 bridgehead atoms. The summed E-state index contributed by atoms with van der Waals surface area (Å²) in [6.45, 7) is 3.51. The van der Waals surface area contributed by atoms with Crippen LogP contribution in [0.4, 0.5) is 16.2 Å². The van der Waals surface area contributed by atoms with Crippen LogP contribution in [0.5, 0.6) is 11.5 Å². The number of anilines is 2. The summed E-state index contributed by atoms with van der Waals surface area (Å²) in [4.78, 5) is 35.7. The second kappa shape index (κ2) is 9.44. The monoisotopic (exact) mass is 515 g/mol. The van der Waals surface area contributed by atoms with Gasteiger partial charge in [-0.15, -0.1) is 0 Å². The molecule has 0 aromatic heterocycles. The van der Waals surface area contributed by atoms with Gasteiger partial charge in [0.1, 0.15) is 11.8 Å². The van der Waals surface area contributed by atoms with E-state index in [0.717, 1.165) is 29.7 Å². The molecule has 10 nitrogen and oxygen atoms in total. The summed E-state index contributed by atoms with van der Waals surface area (Å²) < 4.78 is 10.6. The molecule has 0 atom stereocenters. The number of rotatable bonds is 6. The molecule has 2 aromatic rings. The number of carbonyl (C=O) groups is 3. The van der Waals surface area contributed by atoms with Crippen LogP contribution in [0, 0.1) is 18.3 Å². The van der Waals surface area contributed by atoms with Crippen LogP contribution < -0.4 is 20.8 Å². The number of carbonyl (C=O) groups excluding carboxylic acids is 3. The van der Waals surface area contributed by atoms with Crippen molar-refractivity contribution >= 4 is 58.2 Å². The van der Waals surface area contributed by atoms with Crippen LogP contribution in [-0.4, -0.2) is 30.2 Å². The highest BCUT2D eigenvalue weighted by Crippen LogP contribution is 2.57. The number of amides is 3.